The first-order chi connectivity index (χ1) is 12.9. The number of hydrogen-bond acceptors (Lipinski definition) is 3. The molecular weight excluding hydrogens is 350 g/mol. The summed E-state index contributed by atoms with van der Waals surface area (Å²) in [6.45, 7) is 6.52. The molecular formula is C24H23NOS. The van der Waals surface area contributed by atoms with Gasteiger partial charge in [0.2, 0.25) is 0 Å². The number of aryl methyl sites for hydroxylation is 1. The normalized spacial score (nSPS) is 21.0. The highest BCUT2D eigenvalue weighted by Gasteiger charge is 2.41. The van der Waals surface area contributed by atoms with Crippen molar-refractivity contribution in [2.75, 3.05) is 5.32 Å². The van der Waals surface area contributed by atoms with E-state index in [9.17, 15) is 4.79 Å². The standard InChI is InChI=1S/C24H23NOS/c1-14-8-11-20(27-14)23-21-16-7-5-4-6-15(16)9-10-17(21)25-18-12-24(2,3)13-19(26)22(18)23/h4-11,23,25H,12-13H2,1-3H3. The summed E-state index contributed by atoms with van der Waals surface area (Å²) in [5, 5.41) is 6.11. The van der Waals surface area contributed by atoms with Crippen LogP contribution < -0.4 is 5.32 Å². The molecule has 0 spiro atoms. The average molecular weight is 374 g/mol. The second-order valence-electron chi connectivity index (χ2n) is 8.59. The topological polar surface area (TPSA) is 29.1 Å². The molecule has 1 aliphatic carbocycles. The van der Waals surface area contributed by atoms with Crippen molar-refractivity contribution in [1.29, 1.82) is 0 Å². The van der Waals surface area contributed by atoms with Gasteiger partial charge >= 0.3 is 0 Å². The molecule has 1 atom stereocenters. The lowest BCUT2D eigenvalue weighted by Crippen LogP contribution is -2.33. The van der Waals surface area contributed by atoms with Crippen LogP contribution in [0.25, 0.3) is 10.8 Å². The van der Waals surface area contributed by atoms with Gasteiger partial charge in [0, 0.05) is 33.1 Å². The number of hydrogen-bond donors (Lipinski definition) is 1. The zero-order chi connectivity index (χ0) is 18.8. The third-order valence-electron chi connectivity index (χ3n) is 5.80. The molecule has 1 aliphatic heterocycles. The van der Waals surface area contributed by atoms with Crippen LogP contribution in [0.5, 0.6) is 0 Å². The minimum atomic E-state index is 0.00713. The Morgan fingerprint density at radius 2 is 1.85 bits per heavy atom. The van der Waals surface area contributed by atoms with Gasteiger partial charge in [-0.25, -0.2) is 0 Å². The van der Waals surface area contributed by atoms with Crippen molar-refractivity contribution >= 4 is 33.6 Å². The quantitative estimate of drug-likeness (QED) is 0.534. The maximum atomic E-state index is 13.3. The van der Waals surface area contributed by atoms with Crippen molar-refractivity contribution < 1.29 is 4.79 Å². The van der Waals surface area contributed by atoms with E-state index >= 15 is 0 Å². The maximum absolute atomic E-state index is 13.3. The Kier molecular flexibility index (Phi) is 3.60. The van der Waals surface area contributed by atoms with Crippen LogP contribution in [0.15, 0.2) is 59.8 Å². The molecule has 1 N–H and O–H groups in total. The Morgan fingerprint density at radius 3 is 2.63 bits per heavy atom. The van der Waals surface area contributed by atoms with Gasteiger partial charge in [0.1, 0.15) is 0 Å². The average Bonchev–Trinajstić information content (AvgIpc) is 3.04. The summed E-state index contributed by atoms with van der Waals surface area (Å²) in [6.07, 6.45) is 1.54. The number of rotatable bonds is 1. The summed E-state index contributed by atoms with van der Waals surface area (Å²) in [7, 11) is 0. The number of nitrogens with one attached hydrogen (secondary N) is 1. The molecule has 2 nitrogen and oxygen atoms in total. The second kappa shape index (κ2) is 5.80. The highest BCUT2D eigenvalue weighted by molar-refractivity contribution is 7.12. The van der Waals surface area contributed by atoms with E-state index in [4.69, 9.17) is 0 Å². The predicted octanol–water partition coefficient (Wildman–Crippen LogP) is 6.41. The molecule has 3 heteroatoms. The number of carbonyl (C=O) groups is 1. The number of fused-ring (bicyclic) bond motifs is 3. The Labute approximate surface area is 163 Å². The van der Waals surface area contributed by atoms with Gasteiger partial charge in [0.15, 0.2) is 5.78 Å². The first-order valence-electron chi connectivity index (χ1n) is 9.54. The lowest BCUT2D eigenvalue weighted by molar-refractivity contribution is -0.118. The van der Waals surface area contributed by atoms with Gasteiger partial charge in [-0.1, -0.05) is 44.2 Å². The maximum Gasteiger partial charge on any atom is 0.162 e. The second-order valence-corrected chi connectivity index (χ2v) is 9.91. The van der Waals surface area contributed by atoms with Crippen LogP contribution in [0, 0.1) is 12.3 Å². The lowest BCUT2D eigenvalue weighted by atomic mass is 9.69. The van der Waals surface area contributed by atoms with Crippen LogP contribution in [-0.2, 0) is 4.79 Å². The molecule has 0 radical (unpaired) electrons. The molecule has 0 amide bonds. The smallest absolute Gasteiger partial charge is 0.162 e. The molecule has 2 heterocycles. The van der Waals surface area contributed by atoms with E-state index in [1.807, 2.05) is 11.3 Å². The summed E-state index contributed by atoms with van der Waals surface area (Å²) in [5.41, 5.74) is 4.51. The van der Waals surface area contributed by atoms with Crippen LogP contribution in [0.1, 0.15) is 47.9 Å². The fourth-order valence-electron chi connectivity index (χ4n) is 4.70. The highest BCUT2D eigenvalue weighted by Crippen LogP contribution is 2.51. The third kappa shape index (κ3) is 2.64. The van der Waals surface area contributed by atoms with E-state index in [1.165, 1.54) is 26.1 Å². The van der Waals surface area contributed by atoms with E-state index in [1.54, 1.807) is 0 Å². The molecule has 2 aliphatic rings. The Bertz CT molecular complexity index is 1120. The monoisotopic (exact) mass is 373 g/mol. The van der Waals surface area contributed by atoms with Crippen molar-refractivity contribution in [2.45, 2.75) is 39.5 Å². The largest absolute Gasteiger partial charge is 0.358 e. The van der Waals surface area contributed by atoms with E-state index in [0.29, 0.717) is 12.2 Å². The van der Waals surface area contributed by atoms with Crippen LogP contribution in [0.4, 0.5) is 5.69 Å². The number of thiophene rings is 1. The molecule has 1 unspecified atom stereocenters. The number of benzene rings is 2. The molecule has 0 saturated carbocycles. The van der Waals surface area contributed by atoms with Gasteiger partial charge in [0.05, 0.1) is 5.92 Å². The molecule has 27 heavy (non-hydrogen) atoms. The molecule has 0 bridgehead atoms. The molecule has 0 saturated heterocycles. The first-order valence-corrected chi connectivity index (χ1v) is 10.4. The van der Waals surface area contributed by atoms with Crippen molar-refractivity contribution in [1.82, 2.24) is 0 Å². The van der Waals surface area contributed by atoms with Crippen LogP contribution in [0.2, 0.25) is 0 Å². The molecule has 0 fully saturated rings. The van der Waals surface area contributed by atoms with Crippen molar-refractivity contribution in [2.24, 2.45) is 5.41 Å². The first kappa shape index (κ1) is 16.8. The Balaban J connectivity index is 1.82. The highest BCUT2D eigenvalue weighted by atomic mass is 32.1. The summed E-state index contributed by atoms with van der Waals surface area (Å²) in [4.78, 5) is 15.8. The predicted molar refractivity (Wildman–Crippen MR) is 114 cm³/mol. The molecule has 136 valence electrons. The fraction of sp³-hybridized carbons (Fsp3) is 0.292. The van der Waals surface area contributed by atoms with Gasteiger partial charge in [-0.05, 0) is 53.3 Å². The zero-order valence-electron chi connectivity index (χ0n) is 15.9. The zero-order valence-corrected chi connectivity index (χ0v) is 16.7. The fourth-order valence-corrected chi connectivity index (χ4v) is 5.69. The Hall–Kier alpha value is -2.39. The summed E-state index contributed by atoms with van der Waals surface area (Å²) >= 11 is 1.81. The van der Waals surface area contributed by atoms with Gasteiger partial charge in [-0.15, -0.1) is 11.3 Å². The minimum Gasteiger partial charge on any atom is -0.358 e. The molecule has 5 rings (SSSR count). The van der Waals surface area contributed by atoms with Crippen molar-refractivity contribution in [3.05, 3.63) is 75.1 Å². The number of anilines is 1. The van der Waals surface area contributed by atoms with E-state index in [0.717, 1.165) is 23.4 Å². The third-order valence-corrected chi connectivity index (χ3v) is 6.86. The number of Topliss-reactive ketones (excluding diaryl/α,β-unsaturated/α-hetero) is 1. The van der Waals surface area contributed by atoms with Crippen LogP contribution in [-0.4, -0.2) is 5.78 Å². The summed E-state index contributed by atoms with van der Waals surface area (Å²) < 4.78 is 0. The Morgan fingerprint density at radius 1 is 1.04 bits per heavy atom. The van der Waals surface area contributed by atoms with Gasteiger partial charge in [-0.2, -0.15) is 0 Å². The molecule has 2 aromatic carbocycles. The van der Waals surface area contributed by atoms with Crippen LogP contribution in [0.3, 0.4) is 0 Å². The lowest BCUT2D eigenvalue weighted by Gasteiger charge is -2.39. The SMILES string of the molecule is Cc1ccc(C2C3=C(CC(C)(C)CC3=O)Nc3ccc4ccccc4c32)s1. The van der Waals surface area contributed by atoms with Crippen molar-refractivity contribution in [3.63, 3.8) is 0 Å². The van der Waals surface area contributed by atoms with Gasteiger partial charge in [0.25, 0.3) is 0 Å². The molecule has 3 aromatic rings. The summed E-state index contributed by atoms with van der Waals surface area (Å²) in [5.74, 6) is 0.327. The van der Waals surface area contributed by atoms with E-state index in [2.05, 4.69) is 74.6 Å². The van der Waals surface area contributed by atoms with Crippen molar-refractivity contribution in [3.8, 4) is 0 Å². The number of allylic oxidation sites excluding steroid dienone is 2. The van der Waals surface area contributed by atoms with E-state index < -0.39 is 0 Å². The number of ketones is 1. The number of carbonyl (C=O) groups excluding carboxylic acids is 1. The molecule has 1 aromatic heterocycles. The van der Waals surface area contributed by atoms with Crippen LogP contribution >= 0.6 is 11.3 Å². The van der Waals surface area contributed by atoms with Gasteiger partial charge < -0.3 is 5.32 Å². The van der Waals surface area contributed by atoms with E-state index in [-0.39, 0.29) is 11.3 Å². The minimum absolute atomic E-state index is 0.00713. The summed E-state index contributed by atoms with van der Waals surface area (Å²) in [6, 6.07) is 17.3. The van der Waals surface area contributed by atoms with Gasteiger partial charge in [-0.3, -0.25) is 4.79 Å².